The molecule has 16 heteroatoms. The van der Waals surface area contributed by atoms with Crippen molar-refractivity contribution in [3.8, 4) is 5.88 Å². The van der Waals surface area contributed by atoms with Gasteiger partial charge in [0, 0.05) is 0 Å². The van der Waals surface area contributed by atoms with Crippen LogP contribution in [0.2, 0.25) is 0 Å². The summed E-state index contributed by atoms with van der Waals surface area (Å²) in [7, 11) is 0. The summed E-state index contributed by atoms with van der Waals surface area (Å²) in [5.41, 5.74) is -3.01. The SMILES string of the molecule is CC(C)(C)OC(=O)Nc1nc(OC(=O)OC(C)(C)C)c2c(n1)N(C(=O)OC(C)(C)C)C1OC(CO)C(O)C(O)C1N2. The Morgan fingerprint density at radius 2 is 1.51 bits per heavy atom. The predicted molar refractivity (Wildman–Crippen MR) is 143 cm³/mol. The molecule has 230 valence electrons. The standard InChI is InChI=1S/C25H39N5O11/c1-23(2,3)39-20(34)29-19-27-16-13(17(28-19)38-22(36)41-25(7,8)9)26-12-15(33)14(32)11(10-31)37-18(12)30(16)21(35)40-24(4,5)6/h11-12,14-15,18,26,31-33H,10H2,1-9H3,(H,27,28,29,34). The highest BCUT2D eigenvalue weighted by Gasteiger charge is 2.53. The lowest BCUT2D eigenvalue weighted by atomic mass is 9.94. The van der Waals surface area contributed by atoms with Crippen molar-refractivity contribution in [1.29, 1.82) is 0 Å². The lowest BCUT2D eigenvalue weighted by molar-refractivity contribution is -0.185. The Morgan fingerprint density at radius 3 is 2.05 bits per heavy atom. The zero-order valence-electron chi connectivity index (χ0n) is 24.5. The molecule has 0 aromatic carbocycles. The van der Waals surface area contributed by atoms with Crippen molar-refractivity contribution in [2.75, 3.05) is 22.1 Å². The Kier molecular flexibility index (Phi) is 8.93. The number of hydrogen-bond acceptors (Lipinski definition) is 14. The van der Waals surface area contributed by atoms with Crippen molar-refractivity contribution in [3.05, 3.63) is 0 Å². The third kappa shape index (κ3) is 8.06. The van der Waals surface area contributed by atoms with Crippen LogP contribution in [-0.4, -0.2) is 97.6 Å². The Hall–Kier alpha value is -3.47. The monoisotopic (exact) mass is 585 g/mol. The van der Waals surface area contributed by atoms with Gasteiger partial charge in [-0.3, -0.25) is 5.32 Å². The molecule has 1 aromatic rings. The van der Waals surface area contributed by atoms with E-state index in [1.807, 2.05) is 0 Å². The van der Waals surface area contributed by atoms with Gasteiger partial charge in [-0.25, -0.2) is 19.3 Å². The Balaban J connectivity index is 2.18. The first kappa shape index (κ1) is 32.0. The van der Waals surface area contributed by atoms with Crippen LogP contribution in [0.1, 0.15) is 62.3 Å². The van der Waals surface area contributed by atoms with Crippen LogP contribution in [0.5, 0.6) is 5.88 Å². The molecule has 16 nitrogen and oxygen atoms in total. The molecular weight excluding hydrogens is 546 g/mol. The molecule has 5 unspecified atom stereocenters. The lowest BCUT2D eigenvalue weighted by Gasteiger charge is -2.49. The van der Waals surface area contributed by atoms with Gasteiger partial charge in [-0.1, -0.05) is 0 Å². The van der Waals surface area contributed by atoms with Crippen molar-refractivity contribution < 1.29 is 53.4 Å². The van der Waals surface area contributed by atoms with E-state index in [0.29, 0.717) is 0 Å². The average Bonchev–Trinajstić information content (AvgIpc) is 2.76. The molecule has 2 aliphatic rings. The van der Waals surface area contributed by atoms with E-state index in [9.17, 15) is 29.7 Å². The first-order valence-corrected chi connectivity index (χ1v) is 12.9. The normalized spacial score (nSPS) is 24.3. The minimum absolute atomic E-state index is 0.185. The van der Waals surface area contributed by atoms with Gasteiger partial charge in [0.1, 0.15) is 46.8 Å². The number of amides is 2. The second kappa shape index (κ2) is 11.4. The second-order valence-corrected chi connectivity index (χ2v) is 12.5. The number of ether oxygens (including phenoxy) is 5. The van der Waals surface area contributed by atoms with Crippen LogP contribution in [0.3, 0.4) is 0 Å². The lowest BCUT2D eigenvalue weighted by Crippen LogP contribution is -2.68. The summed E-state index contributed by atoms with van der Waals surface area (Å²) in [6.07, 6.45) is -8.92. The molecule has 5 atom stereocenters. The van der Waals surface area contributed by atoms with Crippen molar-refractivity contribution in [3.63, 3.8) is 0 Å². The van der Waals surface area contributed by atoms with Crippen LogP contribution < -0.4 is 20.3 Å². The largest absolute Gasteiger partial charge is 0.515 e. The molecule has 0 aliphatic carbocycles. The van der Waals surface area contributed by atoms with Crippen molar-refractivity contribution in [2.24, 2.45) is 0 Å². The second-order valence-electron chi connectivity index (χ2n) is 12.5. The van der Waals surface area contributed by atoms with Gasteiger partial charge in [0.2, 0.25) is 5.95 Å². The minimum atomic E-state index is -1.59. The van der Waals surface area contributed by atoms with Crippen LogP contribution in [0.4, 0.5) is 31.8 Å². The van der Waals surface area contributed by atoms with E-state index in [1.165, 1.54) is 0 Å². The fourth-order valence-electron chi connectivity index (χ4n) is 3.87. The smallest absolute Gasteiger partial charge is 0.444 e. The van der Waals surface area contributed by atoms with Gasteiger partial charge < -0.3 is 44.3 Å². The third-order valence-electron chi connectivity index (χ3n) is 5.32. The highest BCUT2D eigenvalue weighted by atomic mass is 16.7. The zero-order valence-corrected chi connectivity index (χ0v) is 24.5. The number of carbonyl (C=O) groups excluding carboxylic acids is 3. The maximum Gasteiger partial charge on any atom is 0.515 e. The fourth-order valence-corrected chi connectivity index (χ4v) is 3.87. The number of anilines is 3. The molecule has 1 fully saturated rings. The van der Waals surface area contributed by atoms with E-state index < -0.39 is 84.2 Å². The predicted octanol–water partition coefficient (Wildman–Crippen LogP) is 2.11. The van der Waals surface area contributed by atoms with E-state index in [2.05, 4.69) is 20.6 Å². The summed E-state index contributed by atoms with van der Waals surface area (Å²) in [5.74, 6) is -1.20. The van der Waals surface area contributed by atoms with Crippen molar-refractivity contribution in [1.82, 2.24) is 9.97 Å². The van der Waals surface area contributed by atoms with Crippen LogP contribution >= 0.6 is 0 Å². The van der Waals surface area contributed by atoms with E-state index in [1.54, 1.807) is 62.3 Å². The molecular formula is C25H39N5O11. The number of carbonyl (C=O) groups is 3. The van der Waals surface area contributed by atoms with Gasteiger partial charge >= 0.3 is 18.3 Å². The average molecular weight is 586 g/mol. The maximum atomic E-state index is 13.5. The Morgan fingerprint density at radius 1 is 0.927 bits per heavy atom. The molecule has 1 aromatic heterocycles. The molecule has 0 bridgehead atoms. The van der Waals surface area contributed by atoms with Gasteiger partial charge in [-0.05, 0) is 62.3 Å². The van der Waals surface area contributed by atoms with E-state index in [-0.39, 0.29) is 11.5 Å². The van der Waals surface area contributed by atoms with Gasteiger partial charge in [0.25, 0.3) is 5.88 Å². The topological polar surface area (TPSA) is 211 Å². The molecule has 0 radical (unpaired) electrons. The molecule has 3 heterocycles. The number of aliphatic hydroxyl groups excluding tert-OH is 3. The van der Waals surface area contributed by atoms with Crippen LogP contribution in [0.25, 0.3) is 0 Å². The third-order valence-corrected chi connectivity index (χ3v) is 5.32. The van der Waals surface area contributed by atoms with Gasteiger partial charge in [-0.15, -0.1) is 0 Å². The van der Waals surface area contributed by atoms with Crippen LogP contribution in [0, 0.1) is 0 Å². The van der Waals surface area contributed by atoms with E-state index in [4.69, 9.17) is 23.7 Å². The molecule has 41 heavy (non-hydrogen) atoms. The minimum Gasteiger partial charge on any atom is -0.444 e. The molecule has 2 aliphatic heterocycles. The summed E-state index contributed by atoms with van der Waals surface area (Å²) in [6, 6.07) is -1.23. The number of rotatable bonds is 3. The fraction of sp³-hybridized carbons (Fsp3) is 0.720. The number of nitrogens with one attached hydrogen (secondary N) is 2. The summed E-state index contributed by atoms with van der Waals surface area (Å²) in [4.78, 5) is 48.0. The van der Waals surface area contributed by atoms with Crippen LogP contribution in [0.15, 0.2) is 0 Å². The summed E-state index contributed by atoms with van der Waals surface area (Å²) in [5, 5.41) is 36.3. The quantitative estimate of drug-likeness (QED) is 0.254. The number of aliphatic hydroxyl groups is 3. The first-order valence-electron chi connectivity index (χ1n) is 12.9. The number of hydrogen-bond donors (Lipinski definition) is 5. The number of nitrogens with zero attached hydrogens (tertiary/aromatic N) is 3. The zero-order chi connectivity index (χ0) is 31.1. The summed E-state index contributed by atoms with van der Waals surface area (Å²) >= 11 is 0. The molecule has 3 rings (SSSR count). The molecule has 5 N–H and O–H groups in total. The van der Waals surface area contributed by atoms with Gasteiger partial charge in [0.05, 0.1) is 6.61 Å². The Bertz CT molecular complexity index is 1160. The Labute approximate surface area is 237 Å². The van der Waals surface area contributed by atoms with Crippen molar-refractivity contribution >= 4 is 35.8 Å². The number of fused-ring (bicyclic) bond motifs is 2. The molecule has 2 amide bonds. The molecule has 1 saturated heterocycles. The summed E-state index contributed by atoms with van der Waals surface area (Å²) < 4.78 is 27.2. The van der Waals surface area contributed by atoms with E-state index in [0.717, 1.165) is 4.90 Å². The highest BCUT2D eigenvalue weighted by Crippen LogP contribution is 2.43. The number of aromatic nitrogens is 2. The molecule has 0 spiro atoms. The van der Waals surface area contributed by atoms with Crippen LogP contribution in [-0.2, 0) is 18.9 Å². The highest BCUT2D eigenvalue weighted by molar-refractivity contribution is 5.95. The molecule has 0 saturated carbocycles. The first-order chi connectivity index (χ1) is 18.7. The summed E-state index contributed by atoms with van der Waals surface area (Å²) in [6.45, 7) is 13.9. The van der Waals surface area contributed by atoms with Gasteiger partial charge in [-0.2, -0.15) is 9.97 Å². The maximum absolute atomic E-state index is 13.5. The van der Waals surface area contributed by atoms with Crippen molar-refractivity contribution in [2.45, 2.75) is 110 Å². The van der Waals surface area contributed by atoms with Gasteiger partial charge in [0.15, 0.2) is 12.0 Å². The van der Waals surface area contributed by atoms with E-state index >= 15 is 0 Å².